The van der Waals surface area contributed by atoms with Gasteiger partial charge in [-0.25, -0.2) is 0 Å². The average Bonchev–Trinajstić information content (AvgIpc) is 2.93. The summed E-state index contributed by atoms with van der Waals surface area (Å²) in [5.74, 6) is 1.53. The van der Waals surface area contributed by atoms with Crippen molar-refractivity contribution in [3.8, 4) is 0 Å². The Morgan fingerprint density at radius 3 is 2.80 bits per heavy atom. The van der Waals surface area contributed by atoms with Gasteiger partial charge in [-0.3, -0.25) is 0 Å². The molecule has 1 fully saturated rings. The molecule has 15 heavy (non-hydrogen) atoms. The number of nitrogens with two attached hydrogens (primary N) is 1. The highest BCUT2D eigenvalue weighted by molar-refractivity contribution is 5.17. The standard InChI is InChI=1S/C13H22N2/c1-10(2)5-7-15-8-6-12(9-15)13(14)11-3-4-11/h6,8-11,13H,3-5,7,14H2,1-2H3. The largest absolute Gasteiger partial charge is 0.354 e. The number of hydrogen-bond acceptors (Lipinski definition) is 1. The SMILES string of the molecule is CC(C)CCn1ccc(C(N)C2CC2)c1. The van der Waals surface area contributed by atoms with Crippen molar-refractivity contribution in [2.24, 2.45) is 17.6 Å². The molecule has 1 aliphatic carbocycles. The van der Waals surface area contributed by atoms with Gasteiger partial charge in [0.1, 0.15) is 0 Å². The van der Waals surface area contributed by atoms with Crippen LogP contribution in [0.25, 0.3) is 0 Å². The lowest BCUT2D eigenvalue weighted by molar-refractivity contribution is 0.516. The van der Waals surface area contributed by atoms with Gasteiger partial charge in [0, 0.05) is 25.0 Å². The molecule has 1 heterocycles. The molecule has 1 aliphatic rings. The van der Waals surface area contributed by atoms with Crippen LogP contribution in [-0.4, -0.2) is 4.57 Å². The monoisotopic (exact) mass is 206 g/mol. The Kier molecular flexibility index (Phi) is 3.15. The van der Waals surface area contributed by atoms with Crippen molar-refractivity contribution in [3.05, 3.63) is 24.0 Å². The maximum Gasteiger partial charge on any atom is 0.0338 e. The second-order valence-corrected chi connectivity index (χ2v) is 5.23. The van der Waals surface area contributed by atoms with Gasteiger partial charge in [-0.15, -0.1) is 0 Å². The Balaban J connectivity index is 1.91. The fourth-order valence-corrected chi connectivity index (χ4v) is 1.93. The van der Waals surface area contributed by atoms with Crippen molar-refractivity contribution in [1.82, 2.24) is 4.57 Å². The highest BCUT2D eigenvalue weighted by atomic mass is 14.9. The van der Waals surface area contributed by atoms with E-state index in [1.807, 2.05) is 0 Å². The van der Waals surface area contributed by atoms with E-state index in [2.05, 4.69) is 36.9 Å². The van der Waals surface area contributed by atoms with E-state index in [4.69, 9.17) is 5.73 Å². The van der Waals surface area contributed by atoms with Gasteiger partial charge in [0.15, 0.2) is 0 Å². The molecule has 2 N–H and O–H groups in total. The first-order chi connectivity index (χ1) is 7.16. The lowest BCUT2D eigenvalue weighted by atomic mass is 10.1. The third-order valence-electron chi connectivity index (χ3n) is 3.25. The molecule has 0 radical (unpaired) electrons. The number of aromatic nitrogens is 1. The molecule has 1 unspecified atom stereocenters. The maximum absolute atomic E-state index is 6.16. The fraction of sp³-hybridized carbons (Fsp3) is 0.692. The highest BCUT2D eigenvalue weighted by Gasteiger charge is 2.29. The van der Waals surface area contributed by atoms with E-state index in [1.165, 1.54) is 24.8 Å². The molecule has 0 aromatic carbocycles. The van der Waals surface area contributed by atoms with Gasteiger partial charge in [-0.2, -0.15) is 0 Å². The molecule has 0 spiro atoms. The summed E-state index contributed by atoms with van der Waals surface area (Å²) in [6.45, 7) is 5.65. The van der Waals surface area contributed by atoms with E-state index in [-0.39, 0.29) is 6.04 Å². The van der Waals surface area contributed by atoms with Gasteiger partial charge in [0.05, 0.1) is 0 Å². The van der Waals surface area contributed by atoms with Gasteiger partial charge in [-0.1, -0.05) is 13.8 Å². The number of aryl methyl sites for hydroxylation is 1. The van der Waals surface area contributed by atoms with E-state index < -0.39 is 0 Å². The molecule has 2 nitrogen and oxygen atoms in total. The molecule has 2 heteroatoms. The molecule has 0 saturated heterocycles. The van der Waals surface area contributed by atoms with Crippen LogP contribution in [0.5, 0.6) is 0 Å². The average molecular weight is 206 g/mol. The Labute approximate surface area is 92.5 Å². The Bertz CT molecular complexity index is 310. The van der Waals surface area contributed by atoms with Crippen molar-refractivity contribution in [2.45, 2.75) is 45.7 Å². The summed E-state index contributed by atoms with van der Waals surface area (Å²) in [7, 11) is 0. The zero-order valence-corrected chi connectivity index (χ0v) is 9.82. The van der Waals surface area contributed by atoms with E-state index in [1.54, 1.807) is 0 Å². The third kappa shape index (κ3) is 2.85. The lowest BCUT2D eigenvalue weighted by Crippen LogP contribution is -2.11. The first-order valence-corrected chi connectivity index (χ1v) is 6.08. The molecule has 1 aromatic rings. The van der Waals surface area contributed by atoms with E-state index >= 15 is 0 Å². The second-order valence-electron chi connectivity index (χ2n) is 5.23. The molecular formula is C13H22N2. The zero-order valence-electron chi connectivity index (χ0n) is 9.82. The molecule has 0 amide bonds. The summed E-state index contributed by atoms with van der Waals surface area (Å²) >= 11 is 0. The second kappa shape index (κ2) is 4.40. The van der Waals surface area contributed by atoms with Gasteiger partial charge >= 0.3 is 0 Å². The summed E-state index contributed by atoms with van der Waals surface area (Å²) in [5, 5.41) is 0. The molecule has 2 rings (SSSR count). The third-order valence-corrected chi connectivity index (χ3v) is 3.25. The minimum atomic E-state index is 0.283. The van der Waals surface area contributed by atoms with Gasteiger partial charge in [0.25, 0.3) is 0 Å². The Morgan fingerprint density at radius 2 is 2.20 bits per heavy atom. The first kappa shape index (κ1) is 10.7. The zero-order chi connectivity index (χ0) is 10.8. The molecule has 1 aromatic heterocycles. The minimum absolute atomic E-state index is 0.283. The summed E-state index contributed by atoms with van der Waals surface area (Å²) in [4.78, 5) is 0. The predicted molar refractivity (Wildman–Crippen MR) is 63.5 cm³/mol. The van der Waals surface area contributed by atoms with Crippen LogP contribution in [0.3, 0.4) is 0 Å². The summed E-state index contributed by atoms with van der Waals surface area (Å²) in [6, 6.07) is 2.47. The molecular weight excluding hydrogens is 184 g/mol. The quantitative estimate of drug-likeness (QED) is 0.789. The van der Waals surface area contributed by atoms with Crippen LogP contribution >= 0.6 is 0 Å². The van der Waals surface area contributed by atoms with Crippen LogP contribution in [0.15, 0.2) is 18.5 Å². The predicted octanol–water partition coefficient (Wildman–Crippen LogP) is 2.94. The number of nitrogens with zero attached hydrogens (tertiary/aromatic N) is 1. The normalized spacial score (nSPS) is 18.4. The maximum atomic E-state index is 6.16. The van der Waals surface area contributed by atoms with Gasteiger partial charge < -0.3 is 10.3 Å². The Hall–Kier alpha value is -0.760. The van der Waals surface area contributed by atoms with Crippen LogP contribution in [0.2, 0.25) is 0 Å². The smallest absolute Gasteiger partial charge is 0.0338 e. The van der Waals surface area contributed by atoms with Gasteiger partial charge in [-0.05, 0) is 42.7 Å². The fourth-order valence-electron chi connectivity index (χ4n) is 1.93. The van der Waals surface area contributed by atoms with Crippen molar-refractivity contribution in [1.29, 1.82) is 0 Å². The van der Waals surface area contributed by atoms with Crippen molar-refractivity contribution in [2.75, 3.05) is 0 Å². The molecule has 1 saturated carbocycles. The molecule has 0 bridgehead atoms. The summed E-state index contributed by atoms with van der Waals surface area (Å²) < 4.78 is 2.28. The van der Waals surface area contributed by atoms with Crippen LogP contribution < -0.4 is 5.73 Å². The summed E-state index contributed by atoms with van der Waals surface area (Å²) in [6.07, 6.45) is 8.27. The lowest BCUT2D eigenvalue weighted by Gasteiger charge is -2.08. The number of rotatable bonds is 5. The van der Waals surface area contributed by atoms with Crippen molar-refractivity contribution >= 4 is 0 Å². The van der Waals surface area contributed by atoms with Gasteiger partial charge in [0.2, 0.25) is 0 Å². The van der Waals surface area contributed by atoms with E-state index in [0.717, 1.165) is 18.4 Å². The summed E-state index contributed by atoms with van der Waals surface area (Å²) in [5.41, 5.74) is 7.48. The minimum Gasteiger partial charge on any atom is -0.354 e. The number of hydrogen-bond donors (Lipinski definition) is 1. The van der Waals surface area contributed by atoms with Crippen LogP contribution in [0.1, 0.15) is 44.7 Å². The molecule has 1 atom stereocenters. The van der Waals surface area contributed by atoms with Crippen LogP contribution in [0.4, 0.5) is 0 Å². The van der Waals surface area contributed by atoms with Crippen LogP contribution in [0, 0.1) is 11.8 Å². The topological polar surface area (TPSA) is 30.9 Å². The van der Waals surface area contributed by atoms with Crippen LogP contribution in [-0.2, 0) is 6.54 Å². The van der Waals surface area contributed by atoms with E-state index in [0.29, 0.717) is 0 Å². The van der Waals surface area contributed by atoms with Crippen molar-refractivity contribution < 1.29 is 0 Å². The molecule has 84 valence electrons. The van der Waals surface area contributed by atoms with E-state index in [9.17, 15) is 0 Å². The molecule has 0 aliphatic heterocycles. The Morgan fingerprint density at radius 1 is 1.47 bits per heavy atom. The first-order valence-electron chi connectivity index (χ1n) is 6.08. The van der Waals surface area contributed by atoms with Crippen molar-refractivity contribution in [3.63, 3.8) is 0 Å². The highest BCUT2D eigenvalue weighted by Crippen LogP contribution is 2.39.